The van der Waals surface area contributed by atoms with E-state index in [1.807, 2.05) is 31.2 Å². The van der Waals surface area contributed by atoms with Gasteiger partial charge in [-0.2, -0.15) is 0 Å². The molecular weight excluding hydrogens is 382 g/mol. The first-order valence-corrected chi connectivity index (χ1v) is 9.99. The van der Waals surface area contributed by atoms with Gasteiger partial charge in [0.25, 0.3) is 5.91 Å². The average Bonchev–Trinajstić information content (AvgIpc) is 3.37. The summed E-state index contributed by atoms with van der Waals surface area (Å²) in [7, 11) is 0. The zero-order valence-electron chi connectivity index (χ0n) is 14.6. The van der Waals surface area contributed by atoms with Gasteiger partial charge in [0, 0.05) is 0 Å². The summed E-state index contributed by atoms with van der Waals surface area (Å²) in [5.74, 6) is -2.85. The molecule has 0 saturated carbocycles. The highest BCUT2D eigenvalue weighted by molar-refractivity contribution is 7.15. The summed E-state index contributed by atoms with van der Waals surface area (Å²) in [6.07, 6.45) is 0. The van der Waals surface area contributed by atoms with Gasteiger partial charge >= 0.3 is 0 Å². The van der Waals surface area contributed by atoms with Gasteiger partial charge in [-0.25, -0.2) is 0 Å². The van der Waals surface area contributed by atoms with E-state index in [1.165, 1.54) is 27.6 Å². The molecule has 2 atom stereocenters. The van der Waals surface area contributed by atoms with E-state index in [1.54, 1.807) is 24.4 Å². The molecule has 1 saturated heterocycles. The quantitative estimate of drug-likeness (QED) is 0.383. The van der Waals surface area contributed by atoms with Gasteiger partial charge in [0.2, 0.25) is 10.9 Å². The molecule has 2 unspecified atom stereocenters. The Kier molecular flexibility index (Phi) is 4.45. The molecule has 1 fully saturated rings. The number of aromatic nitrogens is 2. The van der Waals surface area contributed by atoms with Crippen LogP contribution in [0.5, 0.6) is 0 Å². The predicted molar refractivity (Wildman–Crippen MR) is 103 cm³/mol. The van der Waals surface area contributed by atoms with Gasteiger partial charge in [-0.3, -0.25) is 19.3 Å². The van der Waals surface area contributed by atoms with Crippen LogP contribution in [0.15, 0.2) is 41.8 Å². The van der Waals surface area contributed by atoms with Gasteiger partial charge in [0.15, 0.2) is 5.78 Å². The molecule has 0 N–H and O–H groups in total. The molecule has 0 radical (unpaired) electrons. The number of hydrogen-bond donors (Lipinski definition) is 0. The third kappa shape index (κ3) is 3.00. The maximum absolute atomic E-state index is 13.1. The molecule has 0 bridgehead atoms. The number of Topliss-reactive ketones (excluding diaryl/α,β-unsaturated/α-hetero) is 2. The van der Waals surface area contributed by atoms with Crippen molar-refractivity contribution >= 4 is 45.3 Å². The molecule has 2 aromatic heterocycles. The number of ketones is 2. The third-order valence-electron chi connectivity index (χ3n) is 4.49. The van der Waals surface area contributed by atoms with Crippen LogP contribution in [0.4, 0.5) is 5.13 Å². The number of carbonyl (C=O) groups excluding carboxylic acids is 3. The van der Waals surface area contributed by atoms with Gasteiger partial charge in [0.1, 0.15) is 10.9 Å². The largest absolute Gasteiger partial charge is 0.297 e. The van der Waals surface area contributed by atoms with Gasteiger partial charge in [-0.15, -0.1) is 21.5 Å². The van der Waals surface area contributed by atoms with E-state index < -0.39 is 23.7 Å². The second-order valence-corrected chi connectivity index (χ2v) is 8.43. The van der Waals surface area contributed by atoms with Gasteiger partial charge in [-0.05, 0) is 30.9 Å². The first-order valence-electron chi connectivity index (χ1n) is 8.29. The topological polar surface area (TPSA) is 80.2 Å². The second-order valence-electron chi connectivity index (χ2n) is 6.32. The van der Waals surface area contributed by atoms with Crippen molar-refractivity contribution in [1.82, 2.24) is 10.2 Å². The third-order valence-corrected chi connectivity index (χ3v) is 6.22. The summed E-state index contributed by atoms with van der Waals surface area (Å²) in [5, 5.41) is 10.8. The molecule has 1 aromatic carbocycles. The fourth-order valence-electron chi connectivity index (χ4n) is 3.20. The Bertz CT molecular complexity index is 1020. The Labute approximate surface area is 163 Å². The highest BCUT2D eigenvalue weighted by atomic mass is 32.1. The standard InChI is InChI=1S/C19H15N3O3S2/c1-10-5-7-12(8-6-10)15-14(16(23)13-4-3-9-26-13)17(24)18(25)22(15)19-21-20-11(2)27-19/h3-9,14-15H,1-2H3. The van der Waals surface area contributed by atoms with E-state index in [-0.39, 0.29) is 5.78 Å². The van der Waals surface area contributed by atoms with E-state index in [4.69, 9.17) is 0 Å². The van der Waals surface area contributed by atoms with Crippen LogP contribution >= 0.6 is 22.7 Å². The molecular formula is C19H15N3O3S2. The lowest BCUT2D eigenvalue weighted by atomic mass is 9.88. The highest BCUT2D eigenvalue weighted by Gasteiger charge is 2.53. The predicted octanol–water partition coefficient (Wildman–Crippen LogP) is 3.37. The zero-order valence-corrected chi connectivity index (χ0v) is 16.2. The van der Waals surface area contributed by atoms with E-state index in [2.05, 4.69) is 10.2 Å². The van der Waals surface area contributed by atoms with Crippen molar-refractivity contribution in [3.8, 4) is 0 Å². The normalized spacial score (nSPS) is 19.7. The maximum atomic E-state index is 13.1. The number of amides is 1. The van der Waals surface area contributed by atoms with Gasteiger partial charge < -0.3 is 0 Å². The van der Waals surface area contributed by atoms with Crippen LogP contribution in [0, 0.1) is 19.8 Å². The van der Waals surface area contributed by atoms with E-state index in [0.717, 1.165) is 11.1 Å². The van der Waals surface area contributed by atoms with Crippen LogP contribution in [0.25, 0.3) is 0 Å². The number of anilines is 1. The van der Waals surface area contributed by atoms with Crippen LogP contribution in [0.2, 0.25) is 0 Å². The number of benzene rings is 1. The van der Waals surface area contributed by atoms with E-state index in [9.17, 15) is 14.4 Å². The van der Waals surface area contributed by atoms with E-state index >= 15 is 0 Å². The average molecular weight is 397 g/mol. The Morgan fingerprint density at radius 1 is 1.07 bits per heavy atom. The monoisotopic (exact) mass is 397 g/mol. The molecule has 1 amide bonds. The minimum atomic E-state index is -1.09. The molecule has 1 aliphatic rings. The molecule has 1 aliphatic heterocycles. The summed E-state index contributed by atoms with van der Waals surface area (Å²) >= 11 is 2.49. The summed E-state index contributed by atoms with van der Waals surface area (Å²) in [4.78, 5) is 40.5. The van der Waals surface area contributed by atoms with Crippen LogP contribution in [-0.4, -0.2) is 27.7 Å². The maximum Gasteiger partial charge on any atom is 0.297 e. The molecule has 8 heteroatoms. The summed E-state index contributed by atoms with van der Waals surface area (Å²) < 4.78 is 0. The van der Waals surface area contributed by atoms with Crippen molar-refractivity contribution < 1.29 is 14.4 Å². The molecule has 3 aromatic rings. The minimum absolute atomic E-state index is 0.331. The number of nitrogens with zero attached hydrogens (tertiary/aromatic N) is 3. The van der Waals surface area contributed by atoms with Crippen molar-refractivity contribution in [1.29, 1.82) is 0 Å². The molecule has 6 nitrogen and oxygen atoms in total. The van der Waals surface area contributed by atoms with Gasteiger partial charge in [-0.1, -0.05) is 47.2 Å². The van der Waals surface area contributed by atoms with Crippen LogP contribution in [-0.2, 0) is 9.59 Å². The smallest absolute Gasteiger partial charge is 0.292 e. The lowest BCUT2D eigenvalue weighted by Gasteiger charge is -2.24. The fourth-order valence-corrected chi connectivity index (χ4v) is 4.63. The van der Waals surface area contributed by atoms with Crippen LogP contribution < -0.4 is 4.90 Å². The molecule has 3 heterocycles. The van der Waals surface area contributed by atoms with Crippen molar-refractivity contribution in [2.75, 3.05) is 4.90 Å². The first kappa shape index (κ1) is 17.7. The van der Waals surface area contributed by atoms with Crippen molar-refractivity contribution in [3.05, 3.63) is 62.8 Å². The Morgan fingerprint density at radius 2 is 1.81 bits per heavy atom. The number of aryl methyl sites for hydroxylation is 2. The molecule has 0 spiro atoms. The van der Waals surface area contributed by atoms with Crippen molar-refractivity contribution in [2.45, 2.75) is 19.9 Å². The Hall–Kier alpha value is -2.71. The summed E-state index contributed by atoms with van der Waals surface area (Å²) in [5.41, 5.74) is 1.77. The summed E-state index contributed by atoms with van der Waals surface area (Å²) in [6.45, 7) is 3.73. The summed E-state index contributed by atoms with van der Waals surface area (Å²) in [6, 6.07) is 10.2. The number of thiophene rings is 1. The van der Waals surface area contributed by atoms with Gasteiger partial charge in [0.05, 0.1) is 10.9 Å². The molecule has 0 aliphatic carbocycles. The van der Waals surface area contributed by atoms with Crippen molar-refractivity contribution in [3.63, 3.8) is 0 Å². The molecule has 136 valence electrons. The Balaban J connectivity index is 1.86. The number of rotatable bonds is 4. The lowest BCUT2D eigenvalue weighted by Crippen LogP contribution is -2.30. The lowest BCUT2D eigenvalue weighted by molar-refractivity contribution is -0.135. The molecule has 4 rings (SSSR count). The SMILES string of the molecule is Cc1ccc(C2C(C(=O)c3cccs3)C(=O)C(=O)N2c2nnc(C)s2)cc1. The van der Waals surface area contributed by atoms with E-state index in [0.29, 0.717) is 15.0 Å². The fraction of sp³-hybridized carbons (Fsp3) is 0.211. The highest BCUT2D eigenvalue weighted by Crippen LogP contribution is 2.42. The number of hydrogen-bond acceptors (Lipinski definition) is 7. The van der Waals surface area contributed by atoms with Crippen molar-refractivity contribution in [2.24, 2.45) is 5.92 Å². The Morgan fingerprint density at radius 3 is 2.41 bits per heavy atom. The first-order chi connectivity index (χ1) is 13.0. The van der Waals surface area contributed by atoms with Crippen LogP contribution in [0.3, 0.4) is 0 Å². The number of carbonyl (C=O) groups is 3. The minimum Gasteiger partial charge on any atom is -0.292 e. The second kappa shape index (κ2) is 6.79. The van der Waals surface area contributed by atoms with Crippen LogP contribution in [0.1, 0.15) is 31.8 Å². The zero-order chi connectivity index (χ0) is 19.1. The molecule has 27 heavy (non-hydrogen) atoms.